The van der Waals surface area contributed by atoms with E-state index in [1.165, 1.54) is 19.3 Å². The molecule has 0 spiro atoms. The Hall–Kier alpha value is -0.770. The first-order valence-electron chi connectivity index (χ1n) is 6.62. The van der Waals surface area contributed by atoms with Gasteiger partial charge in [-0.05, 0) is 44.1 Å². The Balaban J connectivity index is 1.78. The normalized spacial score (nSPS) is 16.3. The third-order valence-corrected chi connectivity index (χ3v) is 4.08. The highest BCUT2D eigenvalue weighted by atomic mass is 35.5. The van der Waals surface area contributed by atoms with Gasteiger partial charge in [-0.3, -0.25) is 4.79 Å². The van der Waals surface area contributed by atoms with Crippen LogP contribution < -0.4 is 5.32 Å². The summed E-state index contributed by atoms with van der Waals surface area (Å²) in [5, 5.41) is 3.78. The Morgan fingerprint density at radius 3 is 2.58 bits per heavy atom. The van der Waals surface area contributed by atoms with Crippen molar-refractivity contribution in [2.24, 2.45) is 0 Å². The molecule has 0 aromatic heterocycles. The molecule has 0 atom stereocenters. The van der Waals surface area contributed by atoms with Crippen molar-refractivity contribution >= 4 is 29.1 Å². The summed E-state index contributed by atoms with van der Waals surface area (Å²) in [6.45, 7) is 3.86. The van der Waals surface area contributed by atoms with Crippen LogP contribution in [-0.2, 0) is 0 Å². The van der Waals surface area contributed by atoms with Gasteiger partial charge in [0.15, 0.2) is 0 Å². The number of carbonyl (C=O) groups is 1. The van der Waals surface area contributed by atoms with Gasteiger partial charge in [0, 0.05) is 18.7 Å². The van der Waals surface area contributed by atoms with Gasteiger partial charge in [0.2, 0.25) is 0 Å². The summed E-state index contributed by atoms with van der Waals surface area (Å²) >= 11 is 11.7. The Bertz CT molecular complexity index is 445. The first-order valence-corrected chi connectivity index (χ1v) is 7.38. The van der Waals surface area contributed by atoms with Crippen molar-refractivity contribution in [1.82, 2.24) is 10.2 Å². The summed E-state index contributed by atoms with van der Waals surface area (Å²) in [5.74, 6) is -0.101. The molecule has 3 nitrogen and oxygen atoms in total. The molecule has 1 aromatic carbocycles. The largest absolute Gasteiger partial charge is 0.351 e. The van der Waals surface area contributed by atoms with E-state index in [0.29, 0.717) is 22.2 Å². The molecule has 1 saturated heterocycles. The standard InChI is InChI=1S/C14H18Cl2N2O/c15-12-5-4-11(10-13(12)16)14(19)17-6-9-18-7-2-1-3-8-18/h4-5,10H,1-3,6-9H2,(H,17,19). The van der Waals surface area contributed by atoms with E-state index in [-0.39, 0.29) is 5.91 Å². The second-order valence-corrected chi connectivity index (χ2v) is 5.60. The van der Waals surface area contributed by atoms with Crippen molar-refractivity contribution in [2.75, 3.05) is 26.2 Å². The molecule has 1 aromatic rings. The third-order valence-electron chi connectivity index (χ3n) is 3.34. The van der Waals surface area contributed by atoms with Crippen LogP contribution in [0.1, 0.15) is 29.6 Å². The van der Waals surface area contributed by atoms with Crippen LogP contribution in [0.4, 0.5) is 0 Å². The van der Waals surface area contributed by atoms with E-state index in [2.05, 4.69) is 10.2 Å². The zero-order valence-electron chi connectivity index (χ0n) is 10.8. The smallest absolute Gasteiger partial charge is 0.251 e. The van der Waals surface area contributed by atoms with Crippen LogP contribution in [0.3, 0.4) is 0 Å². The fourth-order valence-corrected chi connectivity index (χ4v) is 2.55. The third kappa shape index (κ3) is 4.37. The average Bonchev–Trinajstić information content (AvgIpc) is 2.43. The van der Waals surface area contributed by atoms with Crippen LogP contribution >= 0.6 is 23.2 Å². The second kappa shape index (κ2) is 7.13. The van der Waals surface area contributed by atoms with Crippen molar-refractivity contribution in [3.63, 3.8) is 0 Å². The molecule has 1 amide bonds. The van der Waals surface area contributed by atoms with Gasteiger partial charge in [-0.25, -0.2) is 0 Å². The summed E-state index contributed by atoms with van der Waals surface area (Å²) in [5.41, 5.74) is 0.549. The van der Waals surface area contributed by atoms with Gasteiger partial charge in [0.1, 0.15) is 0 Å². The van der Waals surface area contributed by atoms with E-state index < -0.39 is 0 Å². The quantitative estimate of drug-likeness (QED) is 0.926. The molecule has 5 heteroatoms. The summed E-state index contributed by atoms with van der Waals surface area (Å²) in [6, 6.07) is 4.92. The van der Waals surface area contributed by atoms with Crippen molar-refractivity contribution < 1.29 is 4.79 Å². The van der Waals surface area contributed by atoms with Gasteiger partial charge in [0.25, 0.3) is 5.91 Å². The van der Waals surface area contributed by atoms with Crippen molar-refractivity contribution in [2.45, 2.75) is 19.3 Å². The van der Waals surface area contributed by atoms with Crippen LogP contribution in [0, 0.1) is 0 Å². The zero-order valence-corrected chi connectivity index (χ0v) is 12.3. The van der Waals surface area contributed by atoms with E-state index in [1.54, 1.807) is 18.2 Å². The van der Waals surface area contributed by atoms with Crippen LogP contribution in [-0.4, -0.2) is 37.0 Å². The molecule has 0 bridgehead atoms. The zero-order chi connectivity index (χ0) is 13.7. The van der Waals surface area contributed by atoms with Crippen LogP contribution in [0.5, 0.6) is 0 Å². The fourth-order valence-electron chi connectivity index (χ4n) is 2.25. The number of rotatable bonds is 4. The minimum Gasteiger partial charge on any atom is -0.351 e. The maximum absolute atomic E-state index is 11.9. The van der Waals surface area contributed by atoms with Crippen molar-refractivity contribution in [3.8, 4) is 0 Å². The van der Waals surface area contributed by atoms with Crippen LogP contribution in [0.2, 0.25) is 10.0 Å². The Morgan fingerprint density at radius 2 is 1.89 bits per heavy atom. The van der Waals surface area contributed by atoms with Crippen LogP contribution in [0.25, 0.3) is 0 Å². The molecular weight excluding hydrogens is 283 g/mol. The van der Waals surface area contributed by atoms with E-state index in [0.717, 1.165) is 19.6 Å². The number of halogens is 2. The minimum absolute atomic E-state index is 0.101. The topological polar surface area (TPSA) is 32.3 Å². The molecule has 0 aliphatic carbocycles. The number of benzene rings is 1. The van der Waals surface area contributed by atoms with E-state index in [4.69, 9.17) is 23.2 Å². The van der Waals surface area contributed by atoms with Gasteiger partial charge in [0.05, 0.1) is 10.0 Å². The number of nitrogens with zero attached hydrogens (tertiary/aromatic N) is 1. The molecular formula is C14H18Cl2N2O. The van der Waals surface area contributed by atoms with E-state index in [9.17, 15) is 4.79 Å². The lowest BCUT2D eigenvalue weighted by molar-refractivity contribution is 0.0946. The highest BCUT2D eigenvalue weighted by molar-refractivity contribution is 6.42. The molecule has 1 heterocycles. The Morgan fingerprint density at radius 1 is 1.16 bits per heavy atom. The molecule has 1 aliphatic rings. The van der Waals surface area contributed by atoms with Gasteiger partial charge in [-0.15, -0.1) is 0 Å². The lowest BCUT2D eigenvalue weighted by Gasteiger charge is -2.26. The SMILES string of the molecule is O=C(NCCN1CCCCC1)c1ccc(Cl)c(Cl)c1. The summed E-state index contributed by atoms with van der Waals surface area (Å²) in [4.78, 5) is 14.3. The van der Waals surface area contributed by atoms with Gasteiger partial charge < -0.3 is 10.2 Å². The lowest BCUT2D eigenvalue weighted by atomic mass is 10.1. The number of carbonyl (C=O) groups excluding carboxylic acids is 1. The molecule has 1 aliphatic heterocycles. The monoisotopic (exact) mass is 300 g/mol. The number of hydrogen-bond donors (Lipinski definition) is 1. The minimum atomic E-state index is -0.101. The summed E-state index contributed by atoms with van der Waals surface area (Å²) in [7, 11) is 0. The number of amides is 1. The molecule has 0 unspecified atom stereocenters. The maximum Gasteiger partial charge on any atom is 0.251 e. The first kappa shape index (κ1) is 14.6. The number of piperidine rings is 1. The van der Waals surface area contributed by atoms with Gasteiger partial charge >= 0.3 is 0 Å². The second-order valence-electron chi connectivity index (χ2n) is 4.79. The number of hydrogen-bond acceptors (Lipinski definition) is 2. The van der Waals surface area contributed by atoms with E-state index in [1.807, 2.05) is 0 Å². The Kier molecular flexibility index (Phi) is 5.49. The highest BCUT2D eigenvalue weighted by Crippen LogP contribution is 2.22. The van der Waals surface area contributed by atoms with Gasteiger partial charge in [-0.2, -0.15) is 0 Å². The maximum atomic E-state index is 11.9. The molecule has 1 fully saturated rings. The molecule has 104 valence electrons. The summed E-state index contributed by atoms with van der Waals surface area (Å²) < 4.78 is 0. The predicted octanol–water partition coefficient (Wildman–Crippen LogP) is 3.21. The Labute approximate surface area is 123 Å². The average molecular weight is 301 g/mol. The lowest BCUT2D eigenvalue weighted by Crippen LogP contribution is -2.37. The first-order chi connectivity index (χ1) is 9.16. The van der Waals surface area contributed by atoms with Crippen LogP contribution in [0.15, 0.2) is 18.2 Å². The number of nitrogens with one attached hydrogen (secondary N) is 1. The molecule has 0 saturated carbocycles. The number of likely N-dealkylation sites (tertiary alicyclic amines) is 1. The fraction of sp³-hybridized carbons (Fsp3) is 0.500. The van der Waals surface area contributed by atoms with E-state index >= 15 is 0 Å². The predicted molar refractivity (Wildman–Crippen MR) is 79.1 cm³/mol. The molecule has 19 heavy (non-hydrogen) atoms. The molecule has 2 rings (SSSR count). The van der Waals surface area contributed by atoms with Crippen molar-refractivity contribution in [1.29, 1.82) is 0 Å². The van der Waals surface area contributed by atoms with Crippen molar-refractivity contribution in [3.05, 3.63) is 33.8 Å². The molecule has 1 N–H and O–H groups in total. The molecule has 0 radical (unpaired) electrons. The summed E-state index contributed by atoms with van der Waals surface area (Å²) in [6.07, 6.45) is 3.85. The highest BCUT2D eigenvalue weighted by Gasteiger charge is 2.11. The van der Waals surface area contributed by atoms with Gasteiger partial charge in [-0.1, -0.05) is 29.6 Å².